The van der Waals surface area contributed by atoms with Gasteiger partial charge < -0.3 is 4.90 Å². The summed E-state index contributed by atoms with van der Waals surface area (Å²) in [4.78, 5) is 17.5. The lowest BCUT2D eigenvalue weighted by atomic mass is 10.1. The zero-order valence-corrected chi connectivity index (χ0v) is 20.1. The van der Waals surface area contributed by atoms with E-state index >= 15 is 0 Å². The van der Waals surface area contributed by atoms with Crippen molar-refractivity contribution in [1.29, 1.82) is 0 Å². The van der Waals surface area contributed by atoms with Gasteiger partial charge in [-0.15, -0.1) is 4.73 Å². The van der Waals surface area contributed by atoms with E-state index in [0.717, 1.165) is 44.7 Å². The highest BCUT2D eigenvalue weighted by Gasteiger charge is 2.13. The summed E-state index contributed by atoms with van der Waals surface area (Å²) >= 11 is 1.13. The maximum absolute atomic E-state index is 5.57. The molecule has 0 bridgehead atoms. The molecule has 2 aromatic carbocycles. The summed E-state index contributed by atoms with van der Waals surface area (Å²) in [6.07, 6.45) is 5.33. The van der Waals surface area contributed by atoms with Crippen LogP contribution in [0, 0.1) is 11.8 Å². The van der Waals surface area contributed by atoms with Crippen LogP contribution in [0.5, 0.6) is 0 Å². The van der Waals surface area contributed by atoms with Crippen LogP contribution < -0.4 is 9.89 Å². The molecule has 0 aliphatic heterocycles. The number of nitrogens with zero attached hydrogens (tertiary/aromatic N) is 4. The third-order valence-corrected chi connectivity index (χ3v) is 5.90. The molecule has 0 aliphatic carbocycles. The topological polar surface area (TPSA) is 52.4 Å². The van der Waals surface area contributed by atoms with Gasteiger partial charge in [0.2, 0.25) is 0 Å². The number of fused-ring (bicyclic) bond motifs is 1. The lowest BCUT2D eigenvalue weighted by Gasteiger charge is -2.12. The van der Waals surface area contributed by atoms with Crippen molar-refractivity contribution in [3.63, 3.8) is 0 Å². The second kappa shape index (κ2) is 10.3. The monoisotopic (exact) mass is 478 g/mol. The minimum atomic E-state index is 0.609. The van der Waals surface area contributed by atoms with Gasteiger partial charge in [0.25, 0.3) is 0 Å². The Labute approximate surface area is 208 Å². The summed E-state index contributed by atoms with van der Waals surface area (Å²) < 4.78 is 6.91. The first-order valence-corrected chi connectivity index (χ1v) is 11.7. The van der Waals surface area contributed by atoms with Crippen LogP contribution in [0.4, 0.5) is 5.69 Å². The molecule has 35 heavy (non-hydrogen) atoms. The summed E-state index contributed by atoms with van der Waals surface area (Å²) in [7, 11) is 4.05. The van der Waals surface area contributed by atoms with Crippen molar-refractivity contribution in [2.45, 2.75) is 4.90 Å². The Bertz CT molecular complexity index is 1490. The predicted molar refractivity (Wildman–Crippen MR) is 140 cm³/mol. The van der Waals surface area contributed by atoms with Gasteiger partial charge in [-0.2, -0.15) is 0 Å². The normalized spacial score (nSPS) is 10.6. The Morgan fingerprint density at radius 1 is 0.857 bits per heavy atom. The van der Waals surface area contributed by atoms with Crippen LogP contribution in [0.25, 0.3) is 22.2 Å². The maximum Gasteiger partial charge on any atom is 0.180 e. The van der Waals surface area contributed by atoms with Crippen LogP contribution in [0.15, 0.2) is 102 Å². The molecule has 3 heterocycles. The van der Waals surface area contributed by atoms with Crippen molar-refractivity contribution >= 4 is 28.8 Å². The van der Waals surface area contributed by atoms with Gasteiger partial charge in [0.05, 0.1) is 23.8 Å². The zero-order chi connectivity index (χ0) is 24.0. The van der Waals surface area contributed by atoms with Gasteiger partial charge in [0.1, 0.15) is 5.69 Å². The van der Waals surface area contributed by atoms with E-state index in [1.165, 1.54) is 4.73 Å². The van der Waals surface area contributed by atoms with Crippen molar-refractivity contribution < 1.29 is 9.32 Å². The average molecular weight is 479 g/mol. The lowest BCUT2D eigenvalue weighted by Crippen LogP contribution is -2.08. The molecular weight excluding hydrogens is 456 g/mol. The Balaban J connectivity index is 1.49. The van der Waals surface area contributed by atoms with Crippen LogP contribution in [0.3, 0.4) is 0 Å². The maximum atomic E-state index is 5.57. The summed E-state index contributed by atoms with van der Waals surface area (Å²) in [6.45, 7) is 0. The van der Waals surface area contributed by atoms with Gasteiger partial charge in [0, 0.05) is 48.0 Å². The molecule has 0 fully saturated rings. The van der Waals surface area contributed by atoms with Crippen molar-refractivity contribution in [2.24, 2.45) is 0 Å². The third-order valence-electron chi connectivity index (χ3n) is 5.30. The van der Waals surface area contributed by atoms with Gasteiger partial charge >= 0.3 is 0 Å². The van der Waals surface area contributed by atoms with E-state index < -0.39 is 0 Å². The largest absolute Gasteiger partial charge is 0.378 e. The molecule has 0 atom stereocenters. The second-order valence-corrected chi connectivity index (χ2v) is 8.68. The SMILES string of the molecule is CN(C)c1ccc(-c2cnc3c(c2)c(C#Cc2ccccn2)cn3OOSc2ccccc2)cc1. The summed E-state index contributed by atoms with van der Waals surface area (Å²) in [5, 5.41) is 0.857. The van der Waals surface area contributed by atoms with Gasteiger partial charge in [-0.3, -0.25) is 0 Å². The van der Waals surface area contributed by atoms with E-state index in [1.54, 1.807) is 12.4 Å². The number of benzene rings is 2. The van der Waals surface area contributed by atoms with Crippen molar-refractivity contribution in [2.75, 3.05) is 19.0 Å². The first-order chi connectivity index (χ1) is 17.2. The molecule has 3 aromatic heterocycles. The fraction of sp³-hybridized carbons (Fsp3) is 0.0714. The van der Waals surface area contributed by atoms with E-state index in [9.17, 15) is 0 Å². The molecule has 0 radical (unpaired) electrons. The fourth-order valence-electron chi connectivity index (χ4n) is 3.48. The summed E-state index contributed by atoms with van der Waals surface area (Å²) in [5.74, 6) is 6.33. The molecule has 0 spiro atoms. The highest BCUT2D eigenvalue weighted by atomic mass is 32.2. The Kier molecular flexibility index (Phi) is 6.66. The average Bonchev–Trinajstić information content (AvgIpc) is 3.25. The fourth-order valence-corrected chi connectivity index (χ4v) is 3.92. The van der Waals surface area contributed by atoms with E-state index in [4.69, 9.17) is 9.32 Å². The predicted octanol–water partition coefficient (Wildman–Crippen LogP) is 5.63. The molecule has 0 aliphatic rings. The van der Waals surface area contributed by atoms with Crippen LogP contribution in [-0.2, 0) is 4.33 Å². The molecule has 5 rings (SSSR count). The molecule has 172 valence electrons. The molecule has 0 unspecified atom stereocenters. The molecule has 7 heteroatoms. The number of rotatable bonds is 6. The van der Waals surface area contributed by atoms with E-state index in [0.29, 0.717) is 11.3 Å². The number of hydrogen-bond acceptors (Lipinski definition) is 6. The molecule has 6 nitrogen and oxygen atoms in total. The van der Waals surface area contributed by atoms with Gasteiger partial charge in [-0.25, -0.2) is 15.0 Å². The number of pyridine rings is 2. The Morgan fingerprint density at radius 3 is 2.40 bits per heavy atom. The molecule has 0 N–H and O–H groups in total. The number of hydrogen-bond donors (Lipinski definition) is 0. The highest BCUT2D eigenvalue weighted by molar-refractivity contribution is 7.94. The van der Waals surface area contributed by atoms with Crippen LogP contribution in [0.2, 0.25) is 0 Å². The minimum Gasteiger partial charge on any atom is -0.378 e. The standard InChI is InChI=1S/C28H22N4O2S/c1-31(2)25-15-12-21(13-16-25)23-18-27-22(11-14-24-8-6-7-17-29-24)20-32(28(27)30-19-23)33-34-35-26-9-4-3-5-10-26/h3-10,12-13,15-20H,1-2H3. The molecule has 0 amide bonds. The molecule has 0 saturated carbocycles. The van der Waals surface area contributed by atoms with Gasteiger partial charge in [0.15, 0.2) is 5.65 Å². The van der Waals surface area contributed by atoms with Crippen LogP contribution >= 0.6 is 12.0 Å². The molecular formula is C28H22N4O2S. The van der Waals surface area contributed by atoms with Crippen LogP contribution in [-0.4, -0.2) is 28.8 Å². The Hall–Kier alpha value is -4.25. The van der Waals surface area contributed by atoms with Crippen LogP contribution in [0.1, 0.15) is 11.3 Å². The summed E-state index contributed by atoms with van der Waals surface area (Å²) in [6, 6.07) is 25.8. The number of aromatic nitrogens is 3. The molecule has 5 aromatic rings. The zero-order valence-electron chi connectivity index (χ0n) is 19.3. The lowest BCUT2D eigenvalue weighted by molar-refractivity contribution is -0.188. The van der Waals surface area contributed by atoms with Gasteiger partial charge in [-0.1, -0.05) is 46.7 Å². The smallest absolute Gasteiger partial charge is 0.180 e. The minimum absolute atomic E-state index is 0.609. The quantitative estimate of drug-likeness (QED) is 0.136. The van der Waals surface area contributed by atoms with E-state index in [1.807, 2.05) is 68.8 Å². The van der Waals surface area contributed by atoms with Crippen molar-refractivity contribution in [3.05, 3.63) is 109 Å². The van der Waals surface area contributed by atoms with Crippen molar-refractivity contribution in [1.82, 2.24) is 14.7 Å². The summed E-state index contributed by atoms with van der Waals surface area (Å²) in [5.41, 5.74) is 5.25. The van der Waals surface area contributed by atoms with E-state index in [2.05, 4.69) is 57.0 Å². The van der Waals surface area contributed by atoms with Crippen molar-refractivity contribution in [3.8, 4) is 23.0 Å². The van der Waals surface area contributed by atoms with E-state index in [-0.39, 0.29) is 0 Å². The molecule has 0 saturated heterocycles. The Morgan fingerprint density at radius 2 is 1.66 bits per heavy atom. The second-order valence-electron chi connectivity index (χ2n) is 7.91. The van der Waals surface area contributed by atoms with Gasteiger partial charge in [-0.05, 0) is 53.9 Å². The number of anilines is 1. The highest BCUT2D eigenvalue weighted by Crippen LogP contribution is 2.28. The first-order valence-electron chi connectivity index (χ1n) is 11.0. The third kappa shape index (κ3) is 5.30. The first kappa shape index (κ1) is 22.5.